The number of para-hydroxylation sites is 1. The number of nitrogens with zero attached hydrogens (tertiary/aromatic N) is 2. The van der Waals surface area contributed by atoms with Gasteiger partial charge in [0.15, 0.2) is 11.8 Å². The van der Waals surface area contributed by atoms with E-state index in [2.05, 4.69) is 9.97 Å². The SMILES string of the molecule is CSc1nc(-c2ccccc2OCC(=O)O)c(C#N)c(=O)[nH]1. The summed E-state index contributed by atoms with van der Waals surface area (Å²) in [4.78, 5) is 29.3. The zero-order valence-electron chi connectivity index (χ0n) is 11.5. The molecule has 1 aromatic heterocycles. The van der Waals surface area contributed by atoms with Crippen molar-refractivity contribution in [3.8, 4) is 23.1 Å². The fourth-order valence-corrected chi connectivity index (χ4v) is 2.15. The summed E-state index contributed by atoms with van der Waals surface area (Å²) >= 11 is 1.22. The van der Waals surface area contributed by atoms with E-state index in [4.69, 9.17) is 9.84 Å². The number of ether oxygens (including phenoxy) is 1. The number of nitrogens with one attached hydrogen (secondary N) is 1. The molecule has 2 rings (SSSR count). The largest absolute Gasteiger partial charge is 0.481 e. The monoisotopic (exact) mass is 317 g/mol. The van der Waals surface area contributed by atoms with Gasteiger partial charge >= 0.3 is 5.97 Å². The molecule has 0 amide bonds. The van der Waals surface area contributed by atoms with Crippen LogP contribution in [-0.2, 0) is 4.79 Å². The summed E-state index contributed by atoms with van der Waals surface area (Å²) in [6, 6.07) is 8.34. The Labute approximate surface area is 129 Å². The Balaban J connectivity index is 2.61. The molecule has 22 heavy (non-hydrogen) atoms. The predicted molar refractivity (Wildman–Crippen MR) is 79.9 cm³/mol. The number of aromatic amines is 1. The van der Waals surface area contributed by atoms with E-state index >= 15 is 0 Å². The quantitative estimate of drug-likeness (QED) is 0.634. The van der Waals surface area contributed by atoms with Crippen LogP contribution in [0.25, 0.3) is 11.3 Å². The summed E-state index contributed by atoms with van der Waals surface area (Å²) in [6.07, 6.45) is 1.74. The van der Waals surface area contributed by atoms with Crippen molar-refractivity contribution in [2.75, 3.05) is 12.9 Å². The minimum absolute atomic E-state index is 0.149. The summed E-state index contributed by atoms with van der Waals surface area (Å²) in [7, 11) is 0. The summed E-state index contributed by atoms with van der Waals surface area (Å²) in [5.74, 6) is -0.884. The van der Waals surface area contributed by atoms with Crippen molar-refractivity contribution in [2.45, 2.75) is 5.16 Å². The van der Waals surface area contributed by atoms with Gasteiger partial charge in [0.25, 0.3) is 5.56 Å². The van der Waals surface area contributed by atoms with Gasteiger partial charge in [-0.3, -0.25) is 4.79 Å². The van der Waals surface area contributed by atoms with Gasteiger partial charge in [-0.15, -0.1) is 0 Å². The predicted octanol–water partition coefficient (Wildman–Crippen LogP) is 1.49. The fraction of sp³-hybridized carbons (Fsp3) is 0.143. The Kier molecular flexibility index (Phi) is 4.80. The highest BCUT2D eigenvalue weighted by atomic mass is 32.2. The molecule has 0 radical (unpaired) electrons. The van der Waals surface area contributed by atoms with Crippen LogP contribution >= 0.6 is 11.8 Å². The molecule has 2 aromatic rings. The molecule has 7 nitrogen and oxygen atoms in total. The Morgan fingerprint density at radius 1 is 1.50 bits per heavy atom. The Morgan fingerprint density at radius 3 is 2.86 bits per heavy atom. The minimum Gasteiger partial charge on any atom is -0.481 e. The standard InChI is InChI=1S/C14H11N3O4S/c1-22-14-16-12(9(6-15)13(20)17-14)8-4-2-3-5-10(8)21-7-11(18)19/h2-5H,7H2,1H3,(H,18,19)(H,16,17,20). The second-order valence-electron chi connectivity index (χ2n) is 4.09. The summed E-state index contributed by atoms with van der Waals surface area (Å²) in [6.45, 7) is -0.530. The maximum Gasteiger partial charge on any atom is 0.341 e. The number of H-pyrrole nitrogens is 1. The van der Waals surface area contributed by atoms with Crippen molar-refractivity contribution in [3.05, 3.63) is 40.2 Å². The maximum atomic E-state index is 11.9. The molecule has 1 aromatic carbocycles. The zero-order chi connectivity index (χ0) is 16.1. The second-order valence-corrected chi connectivity index (χ2v) is 4.88. The zero-order valence-corrected chi connectivity index (χ0v) is 12.3. The summed E-state index contributed by atoms with van der Waals surface area (Å²) in [5, 5.41) is 18.2. The van der Waals surface area contributed by atoms with Gasteiger partial charge in [-0.1, -0.05) is 23.9 Å². The normalized spacial score (nSPS) is 10.0. The second kappa shape index (κ2) is 6.78. The molecule has 0 fully saturated rings. The van der Waals surface area contributed by atoms with Crippen molar-refractivity contribution in [3.63, 3.8) is 0 Å². The Bertz CT molecular complexity index is 810. The maximum absolute atomic E-state index is 11.9. The third-order valence-electron chi connectivity index (χ3n) is 2.70. The molecule has 1 heterocycles. The number of carboxylic acid groups (broad SMARTS) is 1. The number of aliphatic carboxylic acids is 1. The van der Waals surface area contributed by atoms with Crippen molar-refractivity contribution >= 4 is 17.7 Å². The lowest BCUT2D eigenvalue weighted by Crippen LogP contribution is -2.15. The number of benzene rings is 1. The third kappa shape index (κ3) is 3.27. The number of carboxylic acids is 1. The van der Waals surface area contributed by atoms with E-state index in [9.17, 15) is 14.9 Å². The van der Waals surface area contributed by atoms with E-state index in [-0.39, 0.29) is 17.0 Å². The highest BCUT2D eigenvalue weighted by molar-refractivity contribution is 7.98. The van der Waals surface area contributed by atoms with Crippen LogP contribution in [0.4, 0.5) is 0 Å². The van der Waals surface area contributed by atoms with Gasteiger partial charge in [0.2, 0.25) is 0 Å². The molecule has 0 aliphatic carbocycles. The van der Waals surface area contributed by atoms with E-state index < -0.39 is 18.1 Å². The number of nitriles is 1. The van der Waals surface area contributed by atoms with Crippen LogP contribution in [0.15, 0.2) is 34.2 Å². The molecular formula is C14H11N3O4S. The number of aromatic nitrogens is 2. The van der Waals surface area contributed by atoms with Gasteiger partial charge < -0.3 is 14.8 Å². The van der Waals surface area contributed by atoms with E-state index in [0.717, 1.165) is 0 Å². The van der Waals surface area contributed by atoms with Gasteiger partial charge in [-0.05, 0) is 18.4 Å². The van der Waals surface area contributed by atoms with Crippen molar-refractivity contribution in [2.24, 2.45) is 0 Å². The first-order chi connectivity index (χ1) is 10.6. The third-order valence-corrected chi connectivity index (χ3v) is 3.28. The topological polar surface area (TPSA) is 116 Å². The molecule has 0 atom stereocenters. The van der Waals surface area contributed by atoms with Gasteiger partial charge in [0, 0.05) is 5.56 Å². The molecule has 2 N–H and O–H groups in total. The number of hydrogen-bond donors (Lipinski definition) is 2. The van der Waals surface area contributed by atoms with Crippen LogP contribution in [0, 0.1) is 11.3 Å². The molecule has 0 aliphatic heterocycles. The van der Waals surface area contributed by atoms with Gasteiger partial charge in [-0.25, -0.2) is 9.78 Å². The molecule has 0 saturated heterocycles. The van der Waals surface area contributed by atoms with E-state index in [1.54, 1.807) is 30.5 Å². The van der Waals surface area contributed by atoms with Crippen molar-refractivity contribution in [1.82, 2.24) is 9.97 Å². The number of rotatable bonds is 5. The lowest BCUT2D eigenvalue weighted by Gasteiger charge is -2.11. The smallest absolute Gasteiger partial charge is 0.341 e. The first kappa shape index (κ1) is 15.6. The lowest BCUT2D eigenvalue weighted by molar-refractivity contribution is -0.139. The van der Waals surface area contributed by atoms with Crippen LogP contribution < -0.4 is 10.3 Å². The number of hydrogen-bond acceptors (Lipinski definition) is 6. The van der Waals surface area contributed by atoms with Crippen LogP contribution in [0.3, 0.4) is 0 Å². The number of thioether (sulfide) groups is 1. The molecule has 0 spiro atoms. The molecular weight excluding hydrogens is 306 g/mol. The van der Waals surface area contributed by atoms with Gasteiger partial charge in [-0.2, -0.15) is 5.26 Å². The van der Waals surface area contributed by atoms with Gasteiger partial charge in [0.1, 0.15) is 23.1 Å². The van der Waals surface area contributed by atoms with Crippen LogP contribution in [0.1, 0.15) is 5.56 Å². The lowest BCUT2D eigenvalue weighted by atomic mass is 10.1. The summed E-state index contributed by atoms with van der Waals surface area (Å²) in [5.41, 5.74) is -0.146. The molecule has 0 bridgehead atoms. The van der Waals surface area contributed by atoms with Crippen LogP contribution in [0.2, 0.25) is 0 Å². The average Bonchev–Trinajstić information content (AvgIpc) is 2.52. The fourth-order valence-electron chi connectivity index (χ4n) is 1.78. The first-order valence-electron chi connectivity index (χ1n) is 6.09. The minimum atomic E-state index is -1.13. The van der Waals surface area contributed by atoms with E-state index in [1.807, 2.05) is 6.07 Å². The highest BCUT2D eigenvalue weighted by Gasteiger charge is 2.17. The molecule has 112 valence electrons. The molecule has 0 unspecified atom stereocenters. The average molecular weight is 317 g/mol. The highest BCUT2D eigenvalue weighted by Crippen LogP contribution is 2.30. The van der Waals surface area contributed by atoms with E-state index in [0.29, 0.717) is 10.7 Å². The summed E-state index contributed by atoms with van der Waals surface area (Å²) < 4.78 is 5.20. The van der Waals surface area contributed by atoms with Crippen LogP contribution in [-0.4, -0.2) is 33.9 Å². The van der Waals surface area contributed by atoms with Crippen molar-refractivity contribution < 1.29 is 14.6 Å². The molecule has 0 aliphatic rings. The number of carbonyl (C=O) groups is 1. The van der Waals surface area contributed by atoms with Crippen molar-refractivity contribution in [1.29, 1.82) is 5.26 Å². The first-order valence-corrected chi connectivity index (χ1v) is 7.31. The van der Waals surface area contributed by atoms with Gasteiger partial charge in [0.05, 0.1) is 0 Å². The van der Waals surface area contributed by atoms with E-state index in [1.165, 1.54) is 11.8 Å². The molecule has 0 saturated carbocycles. The van der Waals surface area contributed by atoms with Crippen LogP contribution in [0.5, 0.6) is 5.75 Å². The molecule has 8 heteroatoms. The Hall–Kier alpha value is -2.79. The Morgan fingerprint density at radius 2 is 2.23 bits per heavy atom.